The molecule has 2 aromatic rings. The van der Waals surface area contributed by atoms with Gasteiger partial charge in [0.15, 0.2) is 0 Å². The van der Waals surface area contributed by atoms with Gasteiger partial charge in [-0.2, -0.15) is 0 Å². The van der Waals surface area contributed by atoms with Gasteiger partial charge in [-0.3, -0.25) is 0 Å². The third-order valence-corrected chi connectivity index (χ3v) is 7.04. The van der Waals surface area contributed by atoms with Crippen LogP contribution in [0, 0.1) is 13.8 Å². The number of hydrogen-bond donors (Lipinski definition) is 0. The molecule has 202 valence electrons. The SMILES string of the molecule is CN1CCN(C)CCN(C)CC1.Cc1ccc(S([NH-])(=O)=O)cc1.Cc1ccc(S([NH-])(=O)=O)cc1.[OH-].[Ru+6]. The number of sulfonamides is 2. The van der Waals surface area contributed by atoms with Crippen LogP contribution in [-0.4, -0.2) is 97.4 Å². The van der Waals surface area contributed by atoms with Crippen molar-refractivity contribution in [2.24, 2.45) is 0 Å². The maximum Gasteiger partial charge on any atom is 6.00 e. The standard InChI is InChI=1S/C9H21N3.2C7H8NO2S.H2O.Ru/c1-10-4-6-11(2)8-9-12(3)7-5-10;2*1-6-2-4-7(5-3-6)11(8,9)10;;/h4-9H2,1-3H3;2*2-5H,1H3,(H-,8,9,10);1H2;/q;2*-1;;+6/p-1. The van der Waals surface area contributed by atoms with Crippen molar-refractivity contribution in [1.29, 1.82) is 0 Å². The van der Waals surface area contributed by atoms with Crippen LogP contribution in [0.1, 0.15) is 11.1 Å². The molecule has 3 N–H and O–H groups in total. The molecule has 1 fully saturated rings. The van der Waals surface area contributed by atoms with Crippen LogP contribution < -0.4 is 0 Å². The summed E-state index contributed by atoms with van der Waals surface area (Å²) >= 11 is 0. The molecule has 1 aliphatic heterocycles. The Labute approximate surface area is 229 Å². The van der Waals surface area contributed by atoms with Crippen molar-refractivity contribution >= 4 is 20.0 Å². The van der Waals surface area contributed by atoms with Crippen LogP contribution in [0.4, 0.5) is 0 Å². The summed E-state index contributed by atoms with van der Waals surface area (Å²) in [7, 11) is -0.935. The predicted molar refractivity (Wildman–Crippen MR) is 140 cm³/mol. The summed E-state index contributed by atoms with van der Waals surface area (Å²) in [6, 6.07) is 12.4. The maximum absolute atomic E-state index is 10.6. The van der Waals surface area contributed by atoms with Crippen molar-refractivity contribution < 1.29 is 41.8 Å². The van der Waals surface area contributed by atoms with Gasteiger partial charge in [0, 0.05) is 49.1 Å². The minimum Gasteiger partial charge on any atom is -0.870 e. The first kappa shape index (κ1) is 36.9. The third-order valence-electron chi connectivity index (χ3n) is 5.25. The Morgan fingerprint density at radius 1 is 0.556 bits per heavy atom. The largest absolute Gasteiger partial charge is 6.00 e. The molecule has 0 amide bonds. The Morgan fingerprint density at radius 2 is 0.750 bits per heavy atom. The summed E-state index contributed by atoms with van der Waals surface area (Å²) in [6.07, 6.45) is 0. The minimum atomic E-state index is -3.77. The first-order valence-corrected chi connectivity index (χ1v) is 13.8. The van der Waals surface area contributed by atoms with E-state index in [2.05, 4.69) is 35.8 Å². The summed E-state index contributed by atoms with van der Waals surface area (Å²) in [5.41, 5.74) is 1.97. The predicted octanol–water partition coefficient (Wildman–Crippen LogP) is 3.09. The summed E-state index contributed by atoms with van der Waals surface area (Å²) in [5, 5.41) is 13.4. The molecule has 0 bridgehead atoms. The molecule has 1 saturated heterocycles. The molecule has 36 heavy (non-hydrogen) atoms. The topological polar surface area (TPSA) is 156 Å². The summed E-state index contributed by atoms with van der Waals surface area (Å²) < 4.78 is 42.4. The van der Waals surface area contributed by atoms with Crippen molar-refractivity contribution in [1.82, 2.24) is 14.7 Å². The van der Waals surface area contributed by atoms with Gasteiger partial charge >= 0.3 is 19.5 Å². The van der Waals surface area contributed by atoms with E-state index in [0.29, 0.717) is 0 Å². The monoisotopic (exact) mass is 630 g/mol. The van der Waals surface area contributed by atoms with Gasteiger partial charge in [-0.1, -0.05) is 35.4 Å². The molecule has 1 heterocycles. The fourth-order valence-corrected chi connectivity index (χ4v) is 3.78. The number of hydrogen-bond acceptors (Lipinski definition) is 8. The van der Waals surface area contributed by atoms with E-state index in [1.807, 2.05) is 13.8 Å². The van der Waals surface area contributed by atoms with Crippen LogP contribution in [0.5, 0.6) is 0 Å². The molecule has 0 aliphatic carbocycles. The number of aryl methyl sites for hydroxylation is 2. The molecule has 2 aromatic carbocycles. The van der Waals surface area contributed by atoms with E-state index in [9.17, 15) is 16.8 Å². The molecule has 1 aliphatic rings. The van der Waals surface area contributed by atoms with Crippen LogP contribution in [0.2, 0.25) is 0 Å². The Hall–Kier alpha value is -1.28. The van der Waals surface area contributed by atoms with Crippen LogP contribution in [-0.2, 0) is 39.5 Å². The van der Waals surface area contributed by atoms with Gasteiger partial charge in [0.05, 0.1) is 20.0 Å². The Balaban J connectivity index is 0. The van der Waals surface area contributed by atoms with Crippen molar-refractivity contribution in [2.45, 2.75) is 23.6 Å². The van der Waals surface area contributed by atoms with Crippen molar-refractivity contribution in [2.75, 3.05) is 60.4 Å². The first-order valence-electron chi connectivity index (χ1n) is 10.9. The Bertz CT molecular complexity index is 974. The molecule has 3 rings (SSSR count). The van der Waals surface area contributed by atoms with Gasteiger partial charge in [-0.25, -0.2) is 16.8 Å². The molecule has 10 nitrogen and oxygen atoms in total. The van der Waals surface area contributed by atoms with E-state index in [-0.39, 0.29) is 34.7 Å². The Kier molecular flexibility index (Phi) is 17.7. The summed E-state index contributed by atoms with van der Waals surface area (Å²) in [4.78, 5) is 7.29. The van der Waals surface area contributed by atoms with E-state index in [1.165, 1.54) is 63.5 Å². The van der Waals surface area contributed by atoms with E-state index >= 15 is 0 Å². The van der Waals surface area contributed by atoms with E-state index in [4.69, 9.17) is 10.3 Å². The van der Waals surface area contributed by atoms with Crippen molar-refractivity contribution in [3.63, 3.8) is 0 Å². The average molecular weight is 630 g/mol. The number of nitrogens with zero attached hydrogens (tertiary/aromatic N) is 3. The van der Waals surface area contributed by atoms with Gasteiger partial charge in [0.1, 0.15) is 0 Å². The second-order valence-electron chi connectivity index (χ2n) is 8.54. The molecule has 0 saturated carbocycles. The minimum absolute atomic E-state index is 0. The number of benzene rings is 2. The Morgan fingerprint density at radius 3 is 0.917 bits per heavy atom. The fourth-order valence-electron chi connectivity index (χ4n) is 2.79. The summed E-state index contributed by atoms with van der Waals surface area (Å²) in [5.74, 6) is 0. The second-order valence-corrected chi connectivity index (χ2v) is 11.5. The average Bonchev–Trinajstić information content (AvgIpc) is 2.81. The van der Waals surface area contributed by atoms with Crippen LogP contribution in [0.15, 0.2) is 58.3 Å². The van der Waals surface area contributed by atoms with Crippen LogP contribution in [0.3, 0.4) is 0 Å². The van der Waals surface area contributed by atoms with Gasteiger partial charge in [-0.05, 0) is 59.3 Å². The molecule has 0 unspecified atom stereocenters. The zero-order chi connectivity index (χ0) is 25.9. The van der Waals surface area contributed by atoms with E-state index in [0.717, 1.165) is 11.1 Å². The van der Waals surface area contributed by atoms with E-state index in [1.54, 1.807) is 24.3 Å². The molecular weight excluding hydrogens is 591 g/mol. The van der Waals surface area contributed by atoms with Crippen LogP contribution >= 0.6 is 0 Å². The normalized spacial score (nSPS) is 15.8. The third kappa shape index (κ3) is 15.8. The molecule has 0 spiro atoms. The number of rotatable bonds is 2. The maximum atomic E-state index is 10.6. The quantitative estimate of drug-likeness (QED) is 0.459. The van der Waals surface area contributed by atoms with Gasteiger partial charge in [0.2, 0.25) is 0 Å². The van der Waals surface area contributed by atoms with Crippen LogP contribution in [0.25, 0.3) is 10.3 Å². The summed E-state index contributed by atoms with van der Waals surface area (Å²) in [6.45, 7) is 10.9. The number of nitrogens with one attached hydrogen (secondary N) is 2. The van der Waals surface area contributed by atoms with Gasteiger partial charge < -0.3 is 30.5 Å². The first-order chi connectivity index (χ1) is 15.7. The smallest absolute Gasteiger partial charge is 0.870 e. The molecule has 13 heteroatoms. The molecule has 0 aromatic heterocycles. The van der Waals surface area contributed by atoms with Crippen molar-refractivity contribution in [3.8, 4) is 0 Å². The van der Waals surface area contributed by atoms with Gasteiger partial charge in [-0.15, -0.1) is 0 Å². The van der Waals surface area contributed by atoms with E-state index < -0.39 is 20.0 Å². The van der Waals surface area contributed by atoms with Crippen molar-refractivity contribution in [3.05, 3.63) is 69.9 Å². The second kappa shape index (κ2) is 17.3. The molecule has 0 radical (unpaired) electrons. The zero-order valence-corrected chi connectivity index (χ0v) is 24.8. The van der Waals surface area contributed by atoms with Gasteiger partial charge in [0.25, 0.3) is 0 Å². The zero-order valence-electron chi connectivity index (χ0n) is 21.5. The molecular formula is C23H38N5O5RuS2+3. The molecule has 0 atom stereocenters. The fraction of sp³-hybridized carbons (Fsp3) is 0.478. The number of likely N-dealkylation sites (N-methyl/N-ethyl adjacent to an activating group) is 3.